The summed E-state index contributed by atoms with van der Waals surface area (Å²) in [4.78, 5) is 33.2. The van der Waals surface area contributed by atoms with Crippen LogP contribution < -0.4 is 24.8 Å². The number of carboxylic acid groups (broad SMARTS) is 1. The minimum Gasteiger partial charge on any atom is -0.497 e. The second-order valence-corrected chi connectivity index (χ2v) is 8.98. The predicted molar refractivity (Wildman–Crippen MR) is 149 cm³/mol. The van der Waals surface area contributed by atoms with Crippen molar-refractivity contribution in [2.24, 2.45) is 0 Å². The van der Waals surface area contributed by atoms with Crippen LogP contribution in [0.25, 0.3) is 21.7 Å². The van der Waals surface area contributed by atoms with Crippen LogP contribution in [0.2, 0.25) is 0 Å². The Morgan fingerprint density at radius 3 is 2.26 bits per heavy atom. The lowest BCUT2D eigenvalue weighted by Crippen LogP contribution is -2.21. The van der Waals surface area contributed by atoms with E-state index < -0.39 is 5.97 Å². The van der Waals surface area contributed by atoms with Crippen molar-refractivity contribution in [2.45, 2.75) is 33.2 Å². The summed E-state index contributed by atoms with van der Waals surface area (Å²) in [5.74, 6) is 1.18. The quantitative estimate of drug-likeness (QED) is 0.261. The van der Waals surface area contributed by atoms with E-state index in [1.807, 2.05) is 37.3 Å². The summed E-state index contributed by atoms with van der Waals surface area (Å²) in [6.45, 7) is 4.20. The Hall–Kier alpha value is -4.60. The van der Waals surface area contributed by atoms with Crippen molar-refractivity contribution in [2.75, 3.05) is 33.2 Å². The molecular formula is C29H32N4O6. The Kier molecular flexibility index (Phi) is 8.33. The number of hydrogen-bond donors (Lipinski definition) is 3. The molecule has 1 amide bonds. The molecule has 0 spiro atoms. The first-order valence-electron chi connectivity index (χ1n) is 12.5. The van der Waals surface area contributed by atoms with E-state index in [0.717, 1.165) is 32.8 Å². The zero-order chi connectivity index (χ0) is 28.1. The van der Waals surface area contributed by atoms with Gasteiger partial charge in [-0.3, -0.25) is 14.6 Å². The van der Waals surface area contributed by atoms with Gasteiger partial charge in [0, 0.05) is 30.7 Å². The molecule has 10 nitrogen and oxygen atoms in total. The highest BCUT2D eigenvalue weighted by molar-refractivity contribution is 5.93. The van der Waals surface area contributed by atoms with E-state index in [4.69, 9.17) is 24.2 Å². The summed E-state index contributed by atoms with van der Waals surface area (Å²) in [7, 11) is 4.70. The van der Waals surface area contributed by atoms with E-state index in [2.05, 4.69) is 10.6 Å². The van der Waals surface area contributed by atoms with Crippen molar-refractivity contribution in [1.82, 2.24) is 15.3 Å². The molecule has 0 aliphatic carbocycles. The van der Waals surface area contributed by atoms with Crippen LogP contribution in [0.15, 0.2) is 36.4 Å². The van der Waals surface area contributed by atoms with Gasteiger partial charge in [-0.1, -0.05) is 0 Å². The molecule has 3 N–H and O–H groups in total. The molecule has 0 radical (unpaired) electrons. The molecule has 0 atom stereocenters. The van der Waals surface area contributed by atoms with Crippen molar-refractivity contribution in [1.29, 1.82) is 0 Å². The summed E-state index contributed by atoms with van der Waals surface area (Å²) >= 11 is 0. The van der Waals surface area contributed by atoms with E-state index in [-0.39, 0.29) is 18.9 Å². The summed E-state index contributed by atoms with van der Waals surface area (Å²) in [6, 6.07) is 11.4. The van der Waals surface area contributed by atoms with Gasteiger partial charge < -0.3 is 30.0 Å². The highest BCUT2D eigenvalue weighted by Crippen LogP contribution is 2.37. The molecule has 204 valence electrons. The fourth-order valence-electron chi connectivity index (χ4n) is 4.61. The van der Waals surface area contributed by atoms with Crippen molar-refractivity contribution in [3.63, 3.8) is 0 Å². The van der Waals surface area contributed by atoms with Gasteiger partial charge in [0.1, 0.15) is 11.6 Å². The summed E-state index contributed by atoms with van der Waals surface area (Å²) < 4.78 is 16.5. The highest BCUT2D eigenvalue weighted by Gasteiger charge is 2.21. The third kappa shape index (κ3) is 5.95. The predicted octanol–water partition coefficient (Wildman–Crippen LogP) is 4.09. The number of hydrogen-bond acceptors (Lipinski definition) is 8. The molecular weight excluding hydrogens is 500 g/mol. The van der Waals surface area contributed by atoms with E-state index >= 15 is 0 Å². The number of carbonyl (C=O) groups excluding carboxylic acids is 1. The molecule has 0 aliphatic rings. The minimum absolute atomic E-state index is 0.133. The standard InChI is InChI=1S/C29H32N4O6/c1-6-30-29-18(9-17-10-19(37-3)7-8-23(17)33-29)11-21-20-12-26(38-4)27(39-5)13-22(20)25(15-31-16(2)34)32-24(21)14-28(35)36/h7-10,12-13H,6,11,14-15H2,1-5H3,(H,30,33)(H,31,34)(H,35,36). The maximum atomic E-state index is 11.9. The normalized spacial score (nSPS) is 10.9. The zero-order valence-corrected chi connectivity index (χ0v) is 22.7. The minimum atomic E-state index is -1.01. The summed E-state index contributed by atoms with van der Waals surface area (Å²) in [5.41, 5.74) is 3.34. The molecule has 2 aromatic heterocycles. The first kappa shape index (κ1) is 27.4. The van der Waals surface area contributed by atoms with Crippen molar-refractivity contribution in [3.8, 4) is 17.2 Å². The summed E-state index contributed by atoms with van der Waals surface area (Å²) in [6.07, 6.45) is 0.0581. The molecule has 0 bridgehead atoms. The lowest BCUT2D eigenvalue weighted by molar-refractivity contribution is -0.136. The largest absolute Gasteiger partial charge is 0.497 e. The average Bonchev–Trinajstić information content (AvgIpc) is 2.92. The SMILES string of the molecule is CCNc1nc2ccc(OC)cc2cc1Cc1c(CC(=O)O)nc(CNC(C)=O)c2cc(OC)c(OC)cc12. The molecule has 4 aromatic rings. The number of amides is 1. The van der Waals surface area contributed by atoms with E-state index in [9.17, 15) is 14.7 Å². The number of methoxy groups -OCH3 is 3. The van der Waals surface area contributed by atoms with Crippen molar-refractivity contribution in [3.05, 3.63) is 58.9 Å². The smallest absolute Gasteiger partial charge is 0.309 e. The number of carbonyl (C=O) groups is 2. The number of fused-ring (bicyclic) bond motifs is 2. The molecule has 4 rings (SSSR count). The van der Waals surface area contributed by atoms with Crippen molar-refractivity contribution < 1.29 is 28.9 Å². The van der Waals surface area contributed by atoms with Crippen LogP contribution in [0, 0.1) is 0 Å². The molecule has 2 heterocycles. The van der Waals surface area contributed by atoms with Gasteiger partial charge in [-0.2, -0.15) is 0 Å². The van der Waals surface area contributed by atoms with Crippen molar-refractivity contribution >= 4 is 39.4 Å². The van der Waals surface area contributed by atoms with Gasteiger partial charge in [-0.05, 0) is 59.8 Å². The van der Waals surface area contributed by atoms with Gasteiger partial charge in [-0.25, -0.2) is 4.98 Å². The number of aromatic nitrogens is 2. The number of rotatable bonds is 11. The number of aliphatic carboxylic acids is 1. The lowest BCUT2D eigenvalue weighted by atomic mass is 9.93. The monoisotopic (exact) mass is 532 g/mol. The second-order valence-electron chi connectivity index (χ2n) is 8.98. The van der Waals surface area contributed by atoms with Crippen LogP contribution in [0.4, 0.5) is 5.82 Å². The average molecular weight is 533 g/mol. The first-order chi connectivity index (χ1) is 18.8. The van der Waals surface area contributed by atoms with E-state index in [0.29, 0.717) is 47.4 Å². The van der Waals surface area contributed by atoms with Crippen LogP contribution >= 0.6 is 0 Å². The zero-order valence-electron chi connectivity index (χ0n) is 22.7. The number of nitrogens with zero attached hydrogens (tertiary/aromatic N) is 2. The lowest BCUT2D eigenvalue weighted by Gasteiger charge is -2.19. The van der Waals surface area contributed by atoms with Crippen LogP contribution in [0.5, 0.6) is 17.2 Å². The van der Waals surface area contributed by atoms with Crippen LogP contribution in [0.3, 0.4) is 0 Å². The molecule has 0 fully saturated rings. The molecule has 0 aliphatic heterocycles. The third-order valence-corrected chi connectivity index (χ3v) is 6.41. The molecule has 0 unspecified atom stereocenters. The fourth-order valence-corrected chi connectivity index (χ4v) is 4.61. The maximum absolute atomic E-state index is 11.9. The van der Waals surface area contributed by atoms with Gasteiger partial charge in [0.2, 0.25) is 5.91 Å². The van der Waals surface area contributed by atoms with Gasteiger partial charge in [0.25, 0.3) is 0 Å². The molecule has 10 heteroatoms. The Morgan fingerprint density at radius 1 is 0.923 bits per heavy atom. The van der Waals surface area contributed by atoms with Crippen LogP contribution in [-0.4, -0.2) is 54.8 Å². The Labute approximate surface area is 226 Å². The topological polar surface area (TPSA) is 132 Å². The van der Waals surface area contributed by atoms with Gasteiger partial charge in [-0.15, -0.1) is 0 Å². The molecule has 39 heavy (non-hydrogen) atoms. The Bertz CT molecular complexity index is 1550. The Morgan fingerprint density at radius 2 is 1.64 bits per heavy atom. The molecule has 2 aromatic carbocycles. The molecule has 0 saturated heterocycles. The Balaban J connectivity index is 2.00. The molecule has 0 saturated carbocycles. The van der Waals surface area contributed by atoms with Gasteiger partial charge in [0.05, 0.1) is 51.2 Å². The third-order valence-electron chi connectivity index (χ3n) is 6.41. The van der Waals surface area contributed by atoms with Crippen LogP contribution in [0.1, 0.15) is 36.4 Å². The number of pyridine rings is 2. The summed E-state index contributed by atoms with van der Waals surface area (Å²) in [5, 5.41) is 18.3. The number of anilines is 1. The van der Waals surface area contributed by atoms with E-state index in [1.54, 1.807) is 27.4 Å². The maximum Gasteiger partial charge on any atom is 0.309 e. The number of ether oxygens (including phenoxy) is 3. The fraction of sp³-hybridized carbons (Fsp3) is 0.310. The number of nitrogens with one attached hydrogen (secondary N) is 2. The van der Waals surface area contributed by atoms with Crippen LogP contribution in [-0.2, 0) is 29.0 Å². The second kappa shape index (κ2) is 11.8. The van der Waals surface area contributed by atoms with E-state index in [1.165, 1.54) is 6.92 Å². The van der Waals surface area contributed by atoms with Gasteiger partial charge in [0.15, 0.2) is 11.5 Å². The highest BCUT2D eigenvalue weighted by atomic mass is 16.5. The number of carboxylic acids is 1. The number of benzene rings is 2. The van der Waals surface area contributed by atoms with Gasteiger partial charge >= 0.3 is 5.97 Å². The first-order valence-corrected chi connectivity index (χ1v) is 12.5.